The van der Waals surface area contributed by atoms with Crippen LogP contribution in [0.25, 0.3) is 0 Å². The fraction of sp³-hybridized carbons (Fsp3) is 0.545. The van der Waals surface area contributed by atoms with Crippen LogP contribution in [0.4, 0.5) is 10.1 Å². The molecule has 0 amide bonds. The van der Waals surface area contributed by atoms with Gasteiger partial charge >= 0.3 is 0 Å². The number of guanidine groups is 1. The smallest absolute Gasteiger partial charge is 0.191 e. The quantitative estimate of drug-likeness (QED) is 0.573. The van der Waals surface area contributed by atoms with Crippen molar-refractivity contribution in [3.8, 4) is 0 Å². The number of rotatable bonds is 6. The van der Waals surface area contributed by atoms with Gasteiger partial charge in [-0.05, 0) is 70.7 Å². The summed E-state index contributed by atoms with van der Waals surface area (Å²) >= 11 is 0. The number of hydrogen-bond donors (Lipinski definition) is 2. The van der Waals surface area contributed by atoms with Crippen molar-refractivity contribution in [3.63, 3.8) is 0 Å². The predicted molar refractivity (Wildman–Crippen MR) is 115 cm³/mol. The summed E-state index contributed by atoms with van der Waals surface area (Å²) in [6.07, 6.45) is 2.99. The minimum absolute atomic E-state index is 0.183. The average Bonchev–Trinajstić information content (AvgIpc) is 3.00. The van der Waals surface area contributed by atoms with Gasteiger partial charge in [-0.1, -0.05) is 5.16 Å². The van der Waals surface area contributed by atoms with Gasteiger partial charge in [0.05, 0.1) is 5.69 Å². The van der Waals surface area contributed by atoms with Crippen LogP contribution in [-0.2, 0) is 6.42 Å². The molecule has 1 aromatic heterocycles. The highest BCUT2D eigenvalue weighted by Gasteiger charge is 2.22. The summed E-state index contributed by atoms with van der Waals surface area (Å²) in [7, 11) is 0. The van der Waals surface area contributed by atoms with Gasteiger partial charge < -0.3 is 20.1 Å². The Kier molecular flexibility index (Phi) is 7.12. The lowest BCUT2D eigenvalue weighted by atomic mass is 10.0. The molecule has 1 fully saturated rings. The molecule has 1 aliphatic heterocycles. The number of nitrogens with one attached hydrogen (secondary N) is 2. The van der Waals surface area contributed by atoms with E-state index in [1.165, 1.54) is 0 Å². The number of halogens is 1. The van der Waals surface area contributed by atoms with Crippen LogP contribution in [0.1, 0.15) is 42.3 Å². The van der Waals surface area contributed by atoms with E-state index in [9.17, 15) is 4.39 Å². The first-order chi connectivity index (χ1) is 14.0. The van der Waals surface area contributed by atoms with Crippen LogP contribution >= 0.6 is 0 Å². The summed E-state index contributed by atoms with van der Waals surface area (Å²) in [6, 6.07) is 5.33. The van der Waals surface area contributed by atoms with E-state index in [0.717, 1.165) is 73.1 Å². The number of aliphatic imine (C=N–C) groups is 1. The van der Waals surface area contributed by atoms with E-state index in [4.69, 9.17) is 9.52 Å². The molecule has 1 atom stereocenters. The molecule has 0 spiro atoms. The van der Waals surface area contributed by atoms with Crippen LogP contribution in [0.3, 0.4) is 0 Å². The summed E-state index contributed by atoms with van der Waals surface area (Å²) in [5.74, 6) is 1.52. The number of anilines is 1. The number of piperidine rings is 1. The Morgan fingerprint density at radius 3 is 2.86 bits per heavy atom. The number of aryl methyl sites for hydroxylation is 3. The minimum Gasteiger partial charge on any atom is -0.369 e. The lowest BCUT2D eigenvalue weighted by Crippen LogP contribution is -2.51. The fourth-order valence-electron chi connectivity index (χ4n) is 3.94. The van der Waals surface area contributed by atoms with Gasteiger partial charge in [0, 0.05) is 43.5 Å². The molecule has 0 aliphatic carbocycles. The zero-order chi connectivity index (χ0) is 20.8. The number of benzene rings is 1. The monoisotopic (exact) mass is 401 g/mol. The molecule has 0 bridgehead atoms. The maximum absolute atomic E-state index is 13.5. The van der Waals surface area contributed by atoms with E-state index >= 15 is 0 Å². The Bertz CT molecular complexity index is 828. The SMILES string of the molecule is CCNC(=NCCc1c(C)noc1C)NC1CCCN(c2ccc(F)cc2C)C1. The second kappa shape index (κ2) is 9.76. The highest BCUT2D eigenvalue weighted by molar-refractivity contribution is 5.80. The molecule has 29 heavy (non-hydrogen) atoms. The molecule has 6 nitrogen and oxygen atoms in total. The fourth-order valence-corrected chi connectivity index (χ4v) is 3.94. The van der Waals surface area contributed by atoms with Crippen LogP contribution in [0.2, 0.25) is 0 Å². The Balaban J connectivity index is 1.61. The third-order valence-electron chi connectivity index (χ3n) is 5.42. The highest BCUT2D eigenvalue weighted by atomic mass is 19.1. The predicted octanol–water partition coefficient (Wildman–Crippen LogP) is 3.51. The molecular formula is C22H32FN5O. The zero-order valence-corrected chi connectivity index (χ0v) is 17.9. The van der Waals surface area contributed by atoms with Crippen LogP contribution in [0, 0.1) is 26.6 Å². The van der Waals surface area contributed by atoms with Crippen molar-refractivity contribution in [2.45, 2.75) is 53.0 Å². The van der Waals surface area contributed by atoms with E-state index in [-0.39, 0.29) is 5.82 Å². The normalized spacial score (nSPS) is 17.5. The molecule has 1 aromatic carbocycles. The molecule has 3 rings (SSSR count). The molecular weight excluding hydrogens is 369 g/mol. The van der Waals surface area contributed by atoms with E-state index < -0.39 is 0 Å². The molecule has 7 heteroatoms. The largest absolute Gasteiger partial charge is 0.369 e. The Morgan fingerprint density at radius 2 is 2.17 bits per heavy atom. The molecule has 2 heterocycles. The summed E-state index contributed by atoms with van der Waals surface area (Å²) < 4.78 is 18.7. The second-order valence-corrected chi connectivity index (χ2v) is 7.67. The molecule has 0 saturated carbocycles. The van der Waals surface area contributed by atoms with E-state index in [1.807, 2.05) is 26.8 Å². The molecule has 1 unspecified atom stereocenters. The maximum Gasteiger partial charge on any atom is 0.191 e. The molecule has 158 valence electrons. The Morgan fingerprint density at radius 1 is 1.34 bits per heavy atom. The second-order valence-electron chi connectivity index (χ2n) is 7.67. The molecule has 1 aliphatic rings. The first kappa shape index (κ1) is 21.1. The van der Waals surface area contributed by atoms with Crippen LogP contribution in [-0.4, -0.2) is 43.3 Å². The van der Waals surface area contributed by atoms with Gasteiger partial charge in [-0.3, -0.25) is 4.99 Å². The van der Waals surface area contributed by atoms with Gasteiger partial charge in [0.25, 0.3) is 0 Å². The van der Waals surface area contributed by atoms with E-state index in [2.05, 4.69) is 27.6 Å². The summed E-state index contributed by atoms with van der Waals surface area (Å²) in [4.78, 5) is 7.09. The van der Waals surface area contributed by atoms with Gasteiger partial charge in [0.15, 0.2) is 5.96 Å². The Hall–Kier alpha value is -2.57. The summed E-state index contributed by atoms with van der Waals surface area (Å²) in [5, 5.41) is 10.9. The first-order valence-electron chi connectivity index (χ1n) is 10.5. The van der Waals surface area contributed by atoms with Gasteiger partial charge in [-0.25, -0.2) is 4.39 Å². The standard InChI is InChI=1S/C22H32FN5O/c1-5-24-22(25-11-10-20-16(3)27-29-17(20)4)26-19-7-6-12-28(14-19)21-9-8-18(23)13-15(21)2/h8-9,13,19H,5-7,10-12,14H2,1-4H3,(H2,24,25,26). The van der Waals surface area contributed by atoms with E-state index in [1.54, 1.807) is 12.1 Å². The third kappa shape index (κ3) is 5.49. The van der Waals surface area contributed by atoms with Crippen LogP contribution in [0.5, 0.6) is 0 Å². The van der Waals surface area contributed by atoms with E-state index in [0.29, 0.717) is 12.6 Å². The lowest BCUT2D eigenvalue weighted by molar-refractivity contribution is 0.392. The average molecular weight is 402 g/mol. The van der Waals surface area contributed by atoms with Crippen LogP contribution in [0.15, 0.2) is 27.7 Å². The Labute approximate surface area is 172 Å². The van der Waals surface area contributed by atoms with Crippen molar-refractivity contribution < 1.29 is 8.91 Å². The van der Waals surface area contributed by atoms with Crippen molar-refractivity contribution in [2.24, 2.45) is 4.99 Å². The minimum atomic E-state index is -0.183. The topological polar surface area (TPSA) is 65.7 Å². The third-order valence-corrected chi connectivity index (χ3v) is 5.42. The van der Waals surface area contributed by atoms with Crippen molar-refractivity contribution in [3.05, 3.63) is 46.6 Å². The van der Waals surface area contributed by atoms with Gasteiger partial charge in [-0.15, -0.1) is 0 Å². The molecule has 2 aromatic rings. The number of nitrogens with zero attached hydrogens (tertiary/aromatic N) is 3. The zero-order valence-electron chi connectivity index (χ0n) is 17.9. The maximum atomic E-state index is 13.5. The number of aromatic nitrogens is 1. The summed E-state index contributed by atoms with van der Waals surface area (Å²) in [6.45, 7) is 11.3. The summed E-state index contributed by atoms with van der Waals surface area (Å²) in [5.41, 5.74) is 4.16. The molecule has 0 radical (unpaired) electrons. The molecule has 2 N–H and O–H groups in total. The van der Waals surface area contributed by atoms with Crippen LogP contribution < -0.4 is 15.5 Å². The highest BCUT2D eigenvalue weighted by Crippen LogP contribution is 2.24. The van der Waals surface area contributed by atoms with Gasteiger partial charge in [-0.2, -0.15) is 0 Å². The first-order valence-corrected chi connectivity index (χ1v) is 10.5. The van der Waals surface area contributed by atoms with Crippen molar-refractivity contribution in [2.75, 3.05) is 31.1 Å². The van der Waals surface area contributed by atoms with Gasteiger partial charge in [0.1, 0.15) is 11.6 Å². The van der Waals surface area contributed by atoms with Crippen molar-refractivity contribution >= 4 is 11.6 Å². The molecule has 1 saturated heterocycles. The number of hydrogen-bond acceptors (Lipinski definition) is 4. The van der Waals surface area contributed by atoms with Crippen molar-refractivity contribution in [1.29, 1.82) is 0 Å². The van der Waals surface area contributed by atoms with Gasteiger partial charge in [0.2, 0.25) is 0 Å². The lowest BCUT2D eigenvalue weighted by Gasteiger charge is -2.36. The van der Waals surface area contributed by atoms with Crippen molar-refractivity contribution in [1.82, 2.24) is 15.8 Å².